The Bertz CT molecular complexity index is 907. The molecule has 1 aliphatic rings. The molecular weight excluding hydrogens is 350 g/mol. The van der Waals surface area contributed by atoms with Crippen LogP contribution in [0.25, 0.3) is 11.3 Å². The average molecular weight is 368 g/mol. The van der Waals surface area contributed by atoms with Gasteiger partial charge in [0.25, 0.3) is 5.91 Å². The lowest BCUT2D eigenvalue weighted by Gasteiger charge is -2.24. The largest absolute Gasteiger partial charge is 0.367 e. The molecule has 1 aromatic heterocycles. The normalized spacial score (nSPS) is 16.1. The molecule has 2 aromatic carbocycles. The summed E-state index contributed by atoms with van der Waals surface area (Å²) in [6.45, 7) is 1.55. The number of amides is 1. The number of imidazole rings is 1. The summed E-state index contributed by atoms with van der Waals surface area (Å²) in [6.07, 6.45) is 1.96. The Balaban J connectivity index is 1.38. The van der Waals surface area contributed by atoms with E-state index in [9.17, 15) is 4.79 Å². The van der Waals surface area contributed by atoms with Crippen molar-refractivity contribution in [2.24, 2.45) is 0 Å². The first-order chi connectivity index (χ1) is 12.7. The first-order valence-corrected chi connectivity index (χ1v) is 8.84. The first kappa shape index (κ1) is 16.8. The van der Waals surface area contributed by atoms with Crippen LogP contribution in [0.1, 0.15) is 16.2 Å². The number of hydrogen-bond donors (Lipinski definition) is 1. The zero-order chi connectivity index (χ0) is 17.9. The third-order valence-electron chi connectivity index (χ3n) is 4.37. The van der Waals surface area contributed by atoms with Gasteiger partial charge in [0.2, 0.25) is 0 Å². The zero-order valence-electron chi connectivity index (χ0n) is 14.1. The van der Waals surface area contributed by atoms with E-state index in [4.69, 9.17) is 16.3 Å². The lowest BCUT2D eigenvalue weighted by Crippen LogP contribution is -2.38. The van der Waals surface area contributed by atoms with Gasteiger partial charge in [0.05, 0.1) is 18.3 Å². The van der Waals surface area contributed by atoms with Crippen LogP contribution >= 0.6 is 11.6 Å². The van der Waals surface area contributed by atoms with Crippen molar-refractivity contribution in [1.82, 2.24) is 14.9 Å². The van der Waals surface area contributed by atoms with E-state index in [1.807, 2.05) is 36.5 Å². The molecule has 1 amide bonds. The number of rotatable bonds is 4. The highest BCUT2D eigenvalue weighted by molar-refractivity contribution is 6.30. The van der Waals surface area contributed by atoms with Crippen molar-refractivity contribution in [3.63, 3.8) is 0 Å². The molecule has 1 N–H and O–H groups in total. The van der Waals surface area contributed by atoms with Crippen LogP contribution in [0.2, 0.25) is 5.02 Å². The molecule has 1 atom stereocenters. The van der Waals surface area contributed by atoms with E-state index in [1.54, 1.807) is 24.3 Å². The molecule has 0 bridgehead atoms. The van der Waals surface area contributed by atoms with Crippen molar-refractivity contribution >= 4 is 17.5 Å². The molecule has 1 aliphatic heterocycles. The fourth-order valence-electron chi connectivity index (χ4n) is 2.97. The number of carbonyl (C=O) groups excluding carboxylic acids is 1. The first-order valence-electron chi connectivity index (χ1n) is 8.46. The third-order valence-corrected chi connectivity index (χ3v) is 4.63. The lowest BCUT2D eigenvalue weighted by atomic mass is 10.2. The number of ether oxygens (including phenoxy) is 1. The summed E-state index contributed by atoms with van der Waals surface area (Å²) in [4.78, 5) is 16.8. The highest BCUT2D eigenvalue weighted by atomic mass is 35.5. The van der Waals surface area contributed by atoms with Gasteiger partial charge in [-0.2, -0.15) is 0 Å². The third kappa shape index (κ3) is 3.64. The van der Waals surface area contributed by atoms with Gasteiger partial charge < -0.3 is 14.6 Å². The SMILES string of the molecule is O=C(NC[C@H]1Cn2cc(-c3ccccc3)nc2CO1)c1ccc(Cl)cc1. The second kappa shape index (κ2) is 7.32. The number of nitrogens with one attached hydrogen (secondary N) is 1. The van der Waals surface area contributed by atoms with Crippen molar-refractivity contribution in [1.29, 1.82) is 0 Å². The minimum atomic E-state index is -0.133. The molecule has 132 valence electrons. The number of halogens is 1. The Labute approximate surface area is 156 Å². The fourth-order valence-corrected chi connectivity index (χ4v) is 3.10. The number of carbonyl (C=O) groups is 1. The average Bonchev–Trinajstić information content (AvgIpc) is 3.11. The summed E-state index contributed by atoms with van der Waals surface area (Å²) in [7, 11) is 0. The number of aromatic nitrogens is 2. The van der Waals surface area contributed by atoms with Gasteiger partial charge in [-0.25, -0.2) is 4.98 Å². The van der Waals surface area contributed by atoms with Gasteiger partial charge in [-0.3, -0.25) is 4.79 Å². The maximum Gasteiger partial charge on any atom is 0.251 e. The standard InChI is InChI=1S/C20H18ClN3O2/c21-16-8-6-15(7-9-16)20(25)22-10-17-11-24-12-18(23-19(24)13-26-17)14-4-2-1-3-5-14/h1-9,12,17H,10-11,13H2,(H,22,25)/t17-/m0/s1. The van der Waals surface area contributed by atoms with Crippen LogP contribution in [0.5, 0.6) is 0 Å². The van der Waals surface area contributed by atoms with E-state index in [2.05, 4.69) is 14.9 Å². The van der Waals surface area contributed by atoms with Crippen LogP contribution in [0.4, 0.5) is 0 Å². The Morgan fingerprint density at radius 2 is 1.96 bits per heavy atom. The van der Waals surface area contributed by atoms with Gasteiger partial charge in [0.15, 0.2) is 0 Å². The molecule has 6 heteroatoms. The predicted molar refractivity (Wildman–Crippen MR) is 100 cm³/mol. The van der Waals surface area contributed by atoms with Gasteiger partial charge in [-0.15, -0.1) is 0 Å². The zero-order valence-corrected chi connectivity index (χ0v) is 14.8. The Morgan fingerprint density at radius 1 is 1.19 bits per heavy atom. The summed E-state index contributed by atoms with van der Waals surface area (Å²) in [5.41, 5.74) is 2.61. The van der Waals surface area contributed by atoms with E-state index >= 15 is 0 Å². The number of hydrogen-bond acceptors (Lipinski definition) is 3. The van der Waals surface area contributed by atoms with Crippen molar-refractivity contribution in [3.05, 3.63) is 77.2 Å². The highest BCUT2D eigenvalue weighted by Gasteiger charge is 2.22. The fraction of sp³-hybridized carbons (Fsp3) is 0.200. The summed E-state index contributed by atoms with van der Waals surface area (Å²) in [5, 5.41) is 3.53. The molecule has 0 fully saturated rings. The minimum absolute atomic E-state index is 0.0865. The minimum Gasteiger partial charge on any atom is -0.367 e. The smallest absolute Gasteiger partial charge is 0.251 e. The van der Waals surface area contributed by atoms with Crippen molar-refractivity contribution in [2.75, 3.05) is 6.54 Å². The van der Waals surface area contributed by atoms with Gasteiger partial charge in [-0.05, 0) is 24.3 Å². The number of nitrogens with zero attached hydrogens (tertiary/aromatic N) is 2. The van der Waals surface area contributed by atoms with E-state index in [1.165, 1.54) is 0 Å². The van der Waals surface area contributed by atoms with Gasteiger partial charge in [0.1, 0.15) is 12.4 Å². The molecule has 0 unspecified atom stereocenters. The molecule has 0 spiro atoms. The number of benzene rings is 2. The molecular formula is C20H18ClN3O2. The molecule has 5 nitrogen and oxygen atoms in total. The van der Waals surface area contributed by atoms with Crippen LogP contribution < -0.4 is 5.32 Å². The molecule has 26 heavy (non-hydrogen) atoms. The maximum absolute atomic E-state index is 12.2. The molecule has 3 aromatic rings. The van der Waals surface area contributed by atoms with Gasteiger partial charge in [-0.1, -0.05) is 41.9 Å². The van der Waals surface area contributed by atoms with E-state index in [0.717, 1.165) is 17.1 Å². The van der Waals surface area contributed by atoms with Crippen LogP contribution in [0, 0.1) is 0 Å². The van der Waals surface area contributed by atoms with Crippen molar-refractivity contribution in [3.8, 4) is 11.3 Å². The van der Waals surface area contributed by atoms with E-state index < -0.39 is 0 Å². The molecule has 4 rings (SSSR count). The van der Waals surface area contributed by atoms with Crippen molar-refractivity contribution < 1.29 is 9.53 Å². The lowest BCUT2D eigenvalue weighted by molar-refractivity contribution is 0.00327. The summed E-state index contributed by atoms with van der Waals surface area (Å²) in [5.74, 6) is 0.774. The van der Waals surface area contributed by atoms with E-state index in [0.29, 0.717) is 30.3 Å². The van der Waals surface area contributed by atoms with Crippen molar-refractivity contribution in [2.45, 2.75) is 19.3 Å². The summed E-state index contributed by atoms with van der Waals surface area (Å²) < 4.78 is 7.94. The topological polar surface area (TPSA) is 56.2 Å². The van der Waals surface area contributed by atoms with Gasteiger partial charge in [0, 0.05) is 28.9 Å². The molecule has 2 heterocycles. The van der Waals surface area contributed by atoms with Crippen LogP contribution in [0.3, 0.4) is 0 Å². The number of fused-ring (bicyclic) bond motifs is 1. The Morgan fingerprint density at radius 3 is 2.73 bits per heavy atom. The monoisotopic (exact) mass is 367 g/mol. The quantitative estimate of drug-likeness (QED) is 0.767. The molecule has 0 saturated heterocycles. The predicted octanol–water partition coefficient (Wildman–Crippen LogP) is 3.53. The summed E-state index contributed by atoms with van der Waals surface area (Å²) in [6, 6.07) is 16.9. The van der Waals surface area contributed by atoms with Gasteiger partial charge >= 0.3 is 0 Å². The second-order valence-electron chi connectivity index (χ2n) is 6.21. The Kier molecular flexibility index (Phi) is 4.73. The van der Waals surface area contributed by atoms with E-state index in [-0.39, 0.29) is 12.0 Å². The maximum atomic E-state index is 12.2. The van der Waals surface area contributed by atoms with Crippen LogP contribution in [0.15, 0.2) is 60.8 Å². The molecule has 0 aliphatic carbocycles. The molecule has 0 saturated carbocycles. The van der Waals surface area contributed by atoms with Crippen LogP contribution in [-0.2, 0) is 17.9 Å². The molecule has 0 radical (unpaired) electrons. The Hall–Kier alpha value is -2.63. The second-order valence-corrected chi connectivity index (χ2v) is 6.65. The summed E-state index contributed by atoms with van der Waals surface area (Å²) >= 11 is 5.85. The highest BCUT2D eigenvalue weighted by Crippen LogP contribution is 2.22. The van der Waals surface area contributed by atoms with Crippen LogP contribution in [-0.4, -0.2) is 28.1 Å².